The molecule has 1 unspecified atom stereocenters. The number of hydrogen-bond acceptors (Lipinski definition) is 2. The van der Waals surface area contributed by atoms with Gasteiger partial charge in [0.1, 0.15) is 0 Å². The molecule has 0 bridgehead atoms. The van der Waals surface area contributed by atoms with Gasteiger partial charge in [-0.2, -0.15) is 0 Å². The molecule has 1 heterocycles. The van der Waals surface area contributed by atoms with Crippen LogP contribution in [-0.4, -0.2) is 19.6 Å². The first kappa shape index (κ1) is 11.6. The Labute approximate surface area is 91.2 Å². The molecule has 1 aromatic rings. The van der Waals surface area contributed by atoms with Crippen molar-refractivity contribution >= 4 is 24.8 Å². The van der Waals surface area contributed by atoms with Crippen molar-refractivity contribution in [1.82, 2.24) is 4.98 Å². The molecular weight excluding hydrogens is 235 g/mol. The van der Waals surface area contributed by atoms with Gasteiger partial charge in [-0.05, 0) is 0 Å². The fourth-order valence-corrected chi connectivity index (χ4v) is 4.79. The molecule has 0 aliphatic rings. The van der Waals surface area contributed by atoms with E-state index >= 15 is 0 Å². The van der Waals surface area contributed by atoms with Crippen molar-refractivity contribution in [2.24, 2.45) is 5.92 Å². The van der Waals surface area contributed by atoms with Crippen molar-refractivity contribution in [3.63, 3.8) is 0 Å². The van der Waals surface area contributed by atoms with E-state index in [2.05, 4.69) is 30.6 Å². The average Bonchev–Trinajstić information content (AvgIpc) is 2.15. The molecule has 1 rings (SSSR count). The maximum absolute atomic E-state index is 5.60. The van der Waals surface area contributed by atoms with Crippen LogP contribution in [0, 0.1) is 5.92 Å². The van der Waals surface area contributed by atoms with Crippen LogP contribution in [0.5, 0.6) is 0 Å². The van der Waals surface area contributed by atoms with Crippen LogP contribution in [0.3, 0.4) is 0 Å². The summed E-state index contributed by atoms with van der Waals surface area (Å²) < 4.78 is 1.30. The third kappa shape index (κ3) is 3.71. The molecule has 1 atom stereocenters. The molecule has 1 aromatic heterocycles. The van der Waals surface area contributed by atoms with E-state index in [1.165, 1.54) is 16.1 Å². The van der Waals surface area contributed by atoms with Crippen molar-refractivity contribution in [2.75, 3.05) is 5.73 Å². The van der Waals surface area contributed by atoms with Gasteiger partial charge in [-0.15, -0.1) is 0 Å². The van der Waals surface area contributed by atoms with E-state index in [1.807, 2.05) is 6.07 Å². The Kier molecular flexibility index (Phi) is 4.47. The van der Waals surface area contributed by atoms with Crippen LogP contribution in [0.2, 0.25) is 10.9 Å². The number of nitrogens with two attached hydrogens (primary N) is 1. The summed E-state index contributed by atoms with van der Waals surface area (Å²) in [4.78, 5) is 4.40. The Hall–Kier alpha value is -0.492. The van der Waals surface area contributed by atoms with Crippen LogP contribution in [0.15, 0.2) is 18.3 Å². The Balaban J connectivity index is 2.52. The Bertz CT molecular complexity index is 269. The van der Waals surface area contributed by atoms with Gasteiger partial charge < -0.3 is 0 Å². The van der Waals surface area contributed by atoms with Gasteiger partial charge in [-0.3, -0.25) is 0 Å². The summed E-state index contributed by atoms with van der Waals surface area (Å²) in [7, 11) is 0. The van der Waals surface area contributed by atoms with Gasteiger partial charge in [0.15, 0.2) is 0 Å². The number of hydrogen-bond donors (Lipinski definition) is 1. The summed E-state index contributed by atoms with van der Waals surface area (Å²) in [5.41, 5.74) is 8.74. The van der Waals surface area contributed by atoms with E-state index in [0.717, 1.165) is 11.6 Å². The minimum absolute atomic E-state index is 0.764. The predicted octanol–water partition coefficient (Wildman–Crippen LogP) is 2.04. The Morgan fingerprint density at radius 3 is 2.64 bits per heavy atom. The van der Waals surface area contributed by atoms with Gasteiger partial charge in [0.05, 0.1) is 0 Å². The molecule has 0 radical (unpaired) electrons. The molecule has 0 fully saturated rings. The molecule has 0 aliphatic carbocycles. The van der Waals surface area contributed by atoms with Crippen LogP contribution in [0.25, 0.3) is 0 Å². The predicted molar refractivity (Wildman–Crippen MR) is 64.2 cm³/mol. The van der Waals surface area contributed by atoms with Crippen molar-refractivity contribution in [1.29, 1.82) is 0 Å². The van der Waals surface area contributed by atoms with Crippen LogP contribution in [-0.2, 0) is 0 Å². The van der Waals surface area contributed by atoms with E-state index < -0.39 is 14.7 Å². The number of rotatable bonds is 4. The van der Waals surface area contributed by atoms with Gasteiger partial charge in [-0.25, -0.2) is 0 Å². The molecule has 0 aliphatic heterocycles. The third-order valence-electron chi connectivity index (χ3n) is 2.20. The molecule has 2 nitrogen and oxygen atoms in total. The molecular formula is C11H19AsN2. The SMILES string of the molecule is CC(C)CC[As](C)c1ccc(N)cn1. The second-order valence-electron chi connectivity index (χ2n) is 4.05. The molecule has 0 aromatic carbocycles. The summed E-state index contributed by atoms with van der Waals surface area (Å²) in [6.07, 6.45) is 3.10. The number of anilines is 1. The zero-order chi connectivity index (χ0) is 10.6. The van der Waals surface area contributed by atoms with Gasteiger partial charge in [0.2, 0.25) is 0 Å². The van der Waals surface area contributed by atoms with Crippen molar-refractivity contribution < 1.29 is 0 Å². The quantitative estimate of drug-likeness (QED) is 0.835. The van der Waals surface area contributed by atoms with Crippen molar-refractivity contribution in [3.05, 3.63) is 18.3 Å². The molecule has 0 amide bonds. The fourth-order valence-electron chi connectivity index (χ4n) is 1.19. The Morgan fingerprint density at radius 2 is 2.14 bits per heavy atom. The van der Waals surface area contributed by atoms with Gasteiger partial charge in [0.25, 0.3) is 0 Å². The van der Waals surface area contributed by atoms with E-state index in [-0.39, 0.29) is 0 Å². The van der Waals surface area contributed by atoms with Gasteiger partial charge in [-0.1, -0.05) is 0 Å². The standard InChI is InChI=1S/C11H19AsN2/c1-9(2)6-7-12(3)11-5-4-10(13)8-14-11/h4-5,8-9H,6-7,13H2,1-3H3. The molecule has 0 saturated carbocycles. The average molecular weight is 254 g/mol. The summed E-state index contributed by atoms with van der Waals surface area (Å²) >= 11 is -0.871. The molecule has 2 N–H and O–H groups in total. The fraction of sp³-hybridized carbons (Fsp3) is 0.545. The summed E-state index contributed by atoms with van der Waals surface area (Å²) in [6.45, 7) is 4.55. The monoisotopic (exact) mass is 254 g/mol. The second kappa shape index (κ2) is 5.40. The minimum atomic E-state index is -0.871. The van der Waals surface area contributed by atoms with E-state index in [9.17, 15) is 0 Å². The summed E-state index contributed by atoms with van der Waals surface area (Å²) in [6, 6.07) is 4.05. The molecule has 0 spiro atoms. The van der Waals surface area contributed by atoms with Crippen LogP contribution in [0.1, 0.15) is 20.3 Å². The van der Waals surface area contributed by atoms with Crippen LogP contribution < -0.4 is 10.2 Å². The Morgan fingerprint density at radius 1 is 1.43 bits per heavy atom. The maximum atomic E-state index is 5.60. The molecule has 14 heavy (non-hydrogen) atoms. The van der Waals surface area contributed by atoms with E-state index in [4.69, 9.17) is 5.73 Å². The van der Waals surface area contributed by atoms with Crippen molar-refractivity contribution in [2.45, 2.75) is 31.2 Å². The second-order valence-corrected chi connectivity index (χ2v) is 8.88. The van der Waals surface area contributed by atoms with Gasteiger partial charge in [0, 0.05) is 0 Å². The van der Waals surface area contributed by atoms with E-state index in [1.54, 1.807) is 6.20 Å². The zero-order valence-electron chi connectivity index (χ0n) is 9.20. The normalized spacial score (nSPS) is 13.1. The number of nitrogens with zero attached hydrogens (tertiary/aromatic N) is 1. The topological polar surface area (TPSA) is 38.9 Å². The van der Waals surface area contributed by atoms with Crippen molar-refractivity contribution in [3.8, 4) is 0 Å². The number of pyridine rings is 1. The van der Waals surface area contributed by atoms with E-state index in [0.29, 0.717) is 0 Å². The molecule has 3 heteroatoms. The number of aromatic nitrogens is 1. The number of nitrogen functional groups attached to an aromatic ring is 1. The van der Waals surface area contributed by atoms with Crippen LogP contribution in [0.4, 0.5) is 5.69 Å². The summed E-state index contributed by atoms with van der Waals surface area (Å²) in [5, 5.41) is 1.35. The van der Waals surface area contributed by atoms with Crippen LogP contribution >= 0.6 is 0 Å². The molecule has 78 valence electrons. The van der Waals surface area contributed by atoms with Gasteiger partial charge >= 0.3 is 91.0 Å². The molecule has 0 saturated heterocycles. The first-order valence-electron chi connectivity index (χ1n) is 5.02. The first-order valence-corrected chi connectivity index (χ1v) is 9.16. The summed E-state index contributed by atoms with van der Waals surface area (Å²) in [5.74, 6) is 0.806. The third-order valence-corrected chi connectivity index (χ3v) is 6.35. The zero-order valence-corrected chi connectivity index (χ0v) is 11.1. The first-order chi connectivity index (χ1) is 6.59.